The molecule has 0 saturated carbocycles. The van der Waals surface area contributed by atoms with Gasteiger partial charge in [0.25, 0.3) is 0 Å². The van der Waals surface area contributed by atoms with Gasteiger partial charge in [0.15, 0.2) is 0 Å². The Labute approximate surface area is 140 Å². The fraction of sp³-hybridized carbons (Fsp3) is 0.143. The van der Waals surface area contributed by atoms with E-state index in [9.17, 15) is 8.78 Å². The van der Waals surface area contributed by atoms with Gasteiger partial charge in [0.2, 0.25) is 0 Å². The van der Waals surface area contributed by atoms with E-state index in [0.29, 0.717) is 16.8 Å². The second kappa shape index (κ2) is 6.83. The van der Waals surface area contributed by atoms with Gasteiger partial charge in [-0.2, -0.15) is 0 Å². The van der Waals surface area contributed by atoms with Gasteiger partial charge >= 0.3 is 0 Å². The topological polar surface area (TPSA) is 26.0 Å². The molecule has 0 unspecified atom stereocenters. The number of rotatable bonds is 4. The van der Waals surface area contributed by atoms with Gasteiger partial charge in [-0.3, -0.25) is 0 Å². The van der Waals surface area contributed by atoms with Crippen molar-refractivity contribution in [2.75, 3.05) is 5.73 Å². The highest BCUT2D eigenvalue weighted by Crippen LogP contribution is 2.31. The van der Waals surface area contributed by atoms with Gasteiger partial charge in [0.1, 0.15) is 11.6 Å². The lowest BCUT2D eigenvalue weighted by Gasteiger charge is -2.10. The van der Waals surface area contributed by atoms with Crippen molar-refractivity contribution in [3.05, 3.63) is 77.9 Å². The van der Waals surface area contributed by atoms with Crippen molar-refractivity contribution in [3.63, 3.8) is 0 Å². The number of hydrogen-bond acceptors (Lipinski definition) is 1. The average molecular weight is 323 g/mol. The first kappa shape index (κ1) is 16.2. The molecule has 0 amide bonds. The fourth-order valence-corrected chi connectivity index (χ4v) is 2.82. The normalized spacial score (nSPS) is 10.8. The summed E-state index contributed by atoms with van der Waals surface area (Å²) < 4.78 is 29.0. The lowest BCUT2D eigenvalue weighted by atomic mass is 9.97. The van der Waals surface area contributed by atoms with Gasteiger partial charge in [0, 0.05) is 5.69 Å². The van der Waals surface area contributed by atoms with Crippen LogP contribution >= 0.6 is 0 Å². The molecule has 0 aromatic heterocycles. The molecule has 0 heterocycles. The van der Waals surface area contributed by atoms with Crippen LogP contribution in [0.5, 0.6) is 0 Å². The molecule has 122 valence electrons. The molecule has 0 atom stereocenters. The van der Waals surface area contributed by atoms with Crippen LogP contribution in [0.2, 0.25) is 0 Å². The van der Waals surface area contributed by atoms with E-state index in [2.05, 4.69) is 6.92 Å². The van der Waals surface area contributed by atoms with E-state index in [1.165, 1.54) is 17.7 Å². The number of aryl methyl sites for hydroxylation is 1. The van der Waals surface area contributed by atoms with Crippen LogP contribution in [0.15, 0.2) is 60.7 Å². The summed E-state index contributed by atoms with van der Waals surface area (Å²) in [6.07, 6.45) is 2.07. The maximum atomic E-state index is 14.5. The number of hydrogen-bond donors (Lipinski definition) is 1. The zero-order valence-electron chi connectivity index (χ0n) is 13.5. The molecule has 1 nitrogen and oxygen atoms in total. The van der Waals surface area contributed by atoms with Crippen molar-refractivity contribution < 1.29 is 8.78 Å². The van der Waals surface area contributed by atoms with Gasteiger partial charge in [-0.15, -0.1) is 0 Å². The van der Waals surface area contributed by atoms with Crippen LogP contribution < -0.4 is 5.73 Å². The van der Waals surface area contributed by atoms with Crippen molar-refractivity contribution in [2.45, 2.75) is 19.8 Å². The Morgan fingerprint density at radius 3 is 1.83 bits per heavy atom. The summed E-state index contributed by atoms with van der Waals surface area (Å²) in [4.78, 5) is 0. The number of nitrogens with two attached hydrogens (primary N) is 1. The third kappa shape index (κ3) is 3.30. The molecule has 3 aromatic carbocycles. The van der Waals surface area contributed by atoms with Crippen LogP contribution in [-0.2, 0) is 6.42 Å². The van der Waals surface area contributed by atoms with Crippen molar-refractivity contribution in [1.29, 1.82) is 0 Å². The van der Waals surface area contributed by atoms with Crippen molar-refractivity contribution >= 4 is 5.69 Å². The van der Waals surface area contributed by atoms with E-state index in [4.69, 9.17) is 5.73 Å². The smallest absolute Gasteiger partial charge is 0.134 e. The van der Waals surface area contributed by atoms with Gasteiger partial charge in [-0.1, -0.05) is 49.7 Å². The first-order chi connectivity index (χ1) is 11.6. The van der Waals surface area contributed by atoms with Crippen LogP contribution in [0.25, 0.3) is 22.3 Å². The van der Waals surface area contributed by atoms with E-state index < -0.39 is 11.6 Å². The maximum absolute atomic E-state index is 14.5. The monoisotopic (exact) mass is 323 g/mol. The molecule has 0 aliphatic carbocycles. The molecular weight excluding hydrogens is 304 g/mol. The largest absolute Gasteiger partial charge is 0.399 e. The predicted molar refractivity (Wildman–Crippen MR) is 95.6 cm³/mol. The summed E-state index contributed by atoms with van der Waals surface area (Å²) in [5, 5.41) is 0. The summed E-state index contributed by atoms with van der Waals surface area (Å²) >= 11 is 0. The number of anilines is 1. The summed E-state index contributed by atoms with van der Waals surface area (Å²) in [6.45, 7) is 2.12. The number of benzene rings is 3. The van der Waals surface area contributed by atoms with Crippen molar-refractivity contribution in [2.24, 2.45) is 0 Å². The first-order valence-corrected chi connectivity index (χ1v) is 8.02. The molecule has 0 radical (unpaired) electrons. The third-order valence-electron chi connectivity index (χ3n) is 4.07. The zero-order chi connectivity index (χ0) is 17.1. The molecule has 0 aliphatic heterocycles. The average Bonchev–Trinajstić information content (AvgIpc) is 2.57. The predicted octanol–water partition coefficient (Wildman–Crippen LogP) is 5.83. The van der Waals surface area contributed by atoms with E-state index >= 15 is 0 Å². The standard InChI is InChI=1S/C21H19F2N/c1-2-3-14-4-6-15(7-5-14)17-12-19(22)21(20(23)13-17)16-8-10-18(24)11-9-16/h4-13H,2-3,24H2,1H3. The van der Waals surface area contributed by atoms with Crippen LogP contribution in [-0.4, -0.2) is 0 Å². The highest BCUT2D eigenvalue weighted by Gasteiger charge is 2.14. The molecule has 0 saturated heterocycles. The van der Waals surface area contributed by atoms with E-state index in [-0.39, 0.29) is 5.56 Å². The highest BCUT2D eigenvalue weighted by molar-refractivity contribution is 5.72. The second-order valence-electron chi connectivity index (χ2n) is 5.88. The lowest BCUT2D eigenvalue weighted by molar-refractivity contribution is 0.590. The fourth-order valence-electron chi connectivity index (χ4n) is 2.82. The molecule has 24 heavy (non-hydrogen) atoms. The van der Waals surface area contributed by atoms with Gasteiger partial charge < -0.3 is 5.73 Å². The third-order valence-corrected chi connectivity index (χ3v) is 4.07. The Balaban J connectivity index is 1.99. The van der Waals surface area contributed by atoms with E-state index in [1.54, 1.807) is 24.3 Å². The summed E-state index contributed by atoms with van der Waals surface area (Å²) in [5.41, 5.74) is 9.19. The minimum atomic E-state index is -0.576. The molecule has 0 aliphatic rings. The summed E-state index contributed by atoms with van der Waals surface area (Å²) in [7, 11) is 0. The number of halogens is 2. The van der Waals surface area contributed by atoms with E-state index in [0.717, 1.165) is 18.4 Å². The first-order valence-electron chi connectivity index (χ1n) is 8.02. The molecule has 0 fully saturated rings. The highest BCUT2D eigenvalue weighted by atomic mass is 19.1. The molecule has 3 aromatic rings. The van der Waals surface area contributed by atoms with Crippen LogP contribution in [0, 0.1) is 11.6 Å². The molecule has 3 rings (SSSR count). The maximum Gasteiger partial charge on any atom is 0.134 e. The zero-order valence-corrected chi connectivity index (χ0v) is 13.5. The SMILES string of the molecule is CCCc1ccc(-c2cc(F)c(-c3ccc(N)cc3)c(F)c2)cc1. The molecule has 3 heteroatoms. The van der Waals surface area contributed by atoms with Crippen LogP contribution in [0.3, 0.4) is 0 Å². The molecule has 0 spiro atoms. The van der Waals surface area contributed by atoms with Gasteiger partial charge in [-0.25, -0.2) is 8.78 Å². The molecule has 2 N–H and O–H groups in total. The van der Waals surface area contributed by atoms with Gasteiger partial charge in [0.05, 0.1) is 5.56 Å². The van der Waals surface area contributed by atoms with Crippen molar-refractivity contribution in [1.82, 2.24) is 0 Å². The summed E-state index contributed by atoms with van der Waals surface area (Å²) in [6, 6.07) is 17.1. The van der Waals surface area contributed by atoms with Crippen molar-refractivity contribution in [3.8, 4) is 22.3 Å². The summed E-state index contributed by atoms with van der Waals surface area (Å²) in [5.74, 6) is -1.15. The Hall–Kier alpha value is -2.68. The van der Waals surface area contributed by atoms with E-state index in [1.807, 2.05) is 24.3 Å². The lowest BCUT2D eigenvalue weighted by Crippen LogP contribution is -1.93. The molecular formula is C21H19F2N. The quantitative estimate of drug-likeness (QED) is 0.600. The Morgan fingerprint density at radius 1 is 0.750 bits per heavy atom. The Bertz CT molecular complexity index is 814. The minimum absolute atomic E-state index is 0.0265. The van der Waals surface area contributed by atoms with Gasteiger partial charge in [-0.05, 0) is 52.9 Å². The molecule has 0 bridgehead atoms. The number of nitrogen functional groups attached to an aromatic ring is 1. The minimum Gasteiger partial charge on any atom is -0.399 e. The second-order valence-corrected chi connectivity index (χ2v) is 5.88. The Morgan fingerprint density at radius 2 is 1.29 bits per heavy atom. The Kier molecular flexibility index (Phi) is 4.61. The van der Waals surface area contributed by atoms with Crippen LogP contribution in [0.1, 0.15) is 18.9 Å². The van der Waals surface area contributed by atoms with Crippen LogP contribution in [0.4, 0.5) is 14.5 Å².